The first kappa shape index (κ1) is 20.2. The number of aliphatic carboxylic acids is 1. The summed E-state index contributed by atoms with van der Waals surface area (Å²) in [7, 11) is 6.42. The highest BCUT2D eigenvalue weighted by Crippen LogP contribution is 2.17. The van der Waals surface area contributed by atoms with Gasteiger partial charge in [0.25, 0.3) is 0 Å². The minimum atomic E-state index is -0.802. The zero-order valence-electron chi connectivity index (χ0n) is 14.8. The van der Waals surface area contributed by atoms with Gasteiger partial charge in [-0.3, -0.25) is 0 Å². The number of carboxylic acid groups (broad SMARTS) is 1. The number of carboxylic acids is 1. The second-order valence-electron chi connectivity index (χ2n) is 7.10. The van der Waals surface area contributed by atoms with Crippen LogP contribution in [0.3, 0.4) is 0 Å². The molecule has 1 unspecified atom stereocenters. The standard InChI is InChI=1S/C18H35NO2/c1-6-7-8-9-10-11-12-13-14-17(19(3,4)5)15-16(2)18(20)21/h15,17H,6-14H2,1-5H3/p+1. The van der Waals surface area contributed by atoms with E-state index in [4.69, 9.17) is 5.11 Å². The van der Waals surface area contributed by atoms with Gasteiger partial charge >= 0.3 is 5.97 Å². The highest BCUT2D eigenvalue weighted by Gasteiger charge is 2.22. The number of quaternary nitrogens is 1. The van der Waals surface area contributed by atoms with Crippen LogP contribution in [0, 0.1) is 0 Å². The Morgan fingerprint density at radius 3 is 1.90 bits per heavy atom. The topological polar surface area (TPSA) is 37.3 Å². The van der Waals surface area contributed by atoms with Crippen LogP contribution in [0.15, 0.2) is 11.6 Å². The summed E-state index contributed by atoms with van der Waals surface area (Å²) in [6, 6.07) is 0.293. The number of rotatable bonds is 12. The monoisotopic (exact) mass is 298 g/mol. The van der Waals surface area contributed by atoms with Crippen molar-refractivity contribution in [2.45, 2.75) is 77.7 Å². The van der Waals surface area contributed by atoms with Crippen LogP contribution in [0.2, 0.25) is 0 Å². The van der Waals surface area contributed by atoms with Crippen LogP contribution < -0.4 is 0 Å². The van der Waals surface area contributed by atoms with Crippen molar-refractivity contribution in [2.75, 3.05) is 21.1 Å². The minimum Gasteiger partial charge on any atom is -0.478 e. The average molecular weight is 298 g/mol. The van der Waals surface area contributed by atoms with Gasteiger partial charge in [-0.15, -0.1) is 0 Å². The van der Waals surface area contributed by atoms with Crippen molar-refractivity contribution >= 4 is 5.97 Å². The Hall–Kier alpha value is -0.830. The third kappa shape index (κ3) is 10.5. The van der Waals surface area contributed by atoms with Gasteiger partial charge in [0.2, 0.25) is 0 Å². The molecule has 0 fully saturated rings. The van der Waals surface area contributed by atoms with E-state index in [9.17, 15) is 4.79 Å². The van der Waals surface area contributed by atoms with Crippen LogP contribution in [0.5, 0.6) is 0 Å². The first-order valence-corrected chi connectivity index (χ1v) is 8.51. The molecule has 0 aliphatic heterocycles. The third-order valence-corrected chi connectivity index (χ3v) is 4.13. The molecular formula is C18H36NO2+. The lowest BCUT2D eigenvalue weighted by Crippen LogP contribution is -2.44. The fraction of sp³-hybridized carbons (Fsp3) is 0.833. The molecule has 0 spiro atoms. The van der Waals surface area contributed by atoms with Crippen LogP contribution in [-0.2, 0) is 4.79 Å². The highest BCUT2D eigenvalue weighted by atomic mass is 16.4. The van der Waals surface area contributed by atoms with Crippen molar-refractivity contribution in [1.82, 2.24) is 0 Å². The molecule has 0 rings (SSSR count). The summed E-state index contributed by atoms with van der Waals surface area (Å²) >= 11 is 0. The van der Waals surface area contributed by atoms with E-state index in [2.05, 4.69) is 28.1 Å². The molecule has 0 radical (unpaired) electrons. The molecule has 0 aliphatic rings. The lowest BCUT2D eigenvalue weighted by atomic mass is 10.0. The van der Waals surface area contributed by atoms with Gasteiger partial charge in [0.15, 0.2) is 0 Å². The number of likely N-dealkylation sites (N-methyl/N-ethyl adjacent to an activating group) is 1. The fourth-order valence-corrected chi connectivity index (χ4v) is 2.54. The van der Waals surface area contributed by atoms with E-state index < -0.39 is 5.97 Å². The highest BCUT2D eigenvalue weighted by molar-refractivity contribution is 5.85. The predicted molar refractivity (Wildman–Crippen MR) is 90.4 cm³/mol. The smallest absolute Gasteiger partial charge is 0.331 e. The van der Waals surface area contributed by atoms with Crippen LogP contribution in [0.25, 0.3) is 0 Å². The molecule has 0 saturated carbocycles. The predicted octanol–water partition coefficient (Wildman–Crippen LogP) is 4.62. The summed E-state index contributed by atoms with van der Waals surface area (Å²) in [5, 5.41) is 9.03. The molecule has 1 atom stereocenters. The van der Waals surface area contributed by atoms with Gasteiger partial charge in [0.05, 0.1) is 21.1 Å². The van der Waals surface area contributed by atoms with Gasteiger partial charge in [0, 0.05) is 12.0 Å². The van der Waals surface area contributed by atoms with Crippen molar-refractivity contribution in [2.24, 2.45) is 0 Å². The number of hydrogen-bond donors (Lipinski definition) is 1. The summed E-state index contributed by atoms with van der Waals surface area (Å²) in [6.45, 7) is 3.94. The van der Waals surface area contributed by atoms with Crippen LogP contribution in [0.4, 0.5) is 0 Å². The summed E-state index contributed by atoms with van der Waals surface area (Å²) in [4.78, 5) is 11.0. The zero-order chi connectivity index (χ0) is 16.3. The van der Waals surface area contributed by atoms with Crippen molar-refractivity contribution in [3.05, 3.63) is 11.6 Å². The maximum absolute atomic E-state index is 11.0. The Morgan fingerprint density at radius 1 is 1.00 bits per heavy atom. The maximum atomic E-state index is 11.0. The van der Waals surface area contributed by atoms with Crippen molar-refractivity contribution in [1.29, 1.82) is 0 Å². The number of carbonyl (C=O) groups is 1. The van der Waals surface area contributed by atoms with Crippen molar-refractivity contribution in [3.63, 3.8) is 0 Å². The van der Waals surface area contributed by atoms with E-state index in [0.29, 0.717) is 11.6 Å². The molecule has 124 valence electrons. The average Bonchev–Trinajstić information content (AvgIpc) is 2.38. The lowest BCUT2D eigenvalue weighted by Gasteiger charge is -2.32. The van der Waals surface area contributed by atoms with E-state index >= 15 is 0 Å². The van der Waals surface area contributed by atoms with Crippen molar-refractivity contribution < 1.29 is 14.4 Å². The van der Waals surface area contributed by atoms with E-state index in [0.717, 1.165) is 10.9 Å². The second-order valence-corrected chi connectivity index (χ2v) is 7.10. The van der Waals surface area contributed by atoms with Gasteiger partial charge in [-0.05, 0) is 19.4 Å². The Morgan fingerprint density at radius 2 is 1.48 bits per heavy atom. The van der Waals surface area contributed by atoms with E-state index in [1.165, 1.54) is 51.4 Å². The SMILES string of the molecule is CCCCCCCCCCC(C=C(C)C(=O)O)[N+](C)(C)C. The molecular weight excluding hydrogens is 262 g/mol. The molecule has 0 saturated heterocycles. The zero-order valence-corrected chi connectivity index (χ0v) is 14.8. The summed E-state index contributed by atoms with van der Waals surface area (Å²) in [5.74, 6) is -0.802. The van der Waals surface area contributed by atoms with Gasteiger partial charge < -0.3 is 9.59 Å². The van der Waals surface area contributed by atoms with Gasteiger partial charge in [-0.1, -0.05) is 51.9 Å². The van der Waals surface area contributed by atoms with E-state index in [1.807, 2.05) is 6.08 Å². The molecule has 1 N–H and O–H groups in total. The Labute approximate surface area is 131 Å². The number of unbranched alkanes of at least 4 members (excludes halogenated alkanes) is 7. The second kappa shape index (κ2) is 10.8. The largest absolute Gasteiger partial charge is 0.478 e. The minimum absolute atomic E-state index is 0.293. The first-order valence-electron chi connectivity index (χ1n) is 8.51. The molecule has 3 nitrogen and oxygen atoms in total. The third-order valence-electron chi connectivity index (χ3n) is 4.13. The Balaban J connectivity index is 4.05. The Bertz CT molecular complexity index is 316. The molecule has 0 aromatic rings. The number of nitrogens with zero attached hydrogens (tertiary/aromatic N) is 1. The van der Waals surface area contributed by atoms with Crippen LogP contribution in [-0.4, -0.2) is 42.7 Å². The lowest BCUT2D eigenvalue weighted by molar-refractivity contribution is -0.889. The van der Waals surface area contributed by atoms with Crippen LogP contribution in [0.1, 0.15) is 71.6 Å². The molecule has 0 aliphatic carbocycles. The van der Waals surface area contributed by atoms with Gasteiger partial charge in [-0.25, -0.2) is 4.79 Å². The quantitative estimate of drug-likeness (QED) is 0.324. The van der Waals surface area contributed by atoms with E-state index in [1.54, 1.807) is 6.92 Å². The van der Waals surface area contributed by atoms with E-state index in [-0.39, 0.29) is 0 Å². The van der Waals surface area contributed by atoms with Crippen molar-refractivity contribution in [3.8, 4) is 0 Å². The number of hydrogen-bond acceptors (Lipinski definition) is 1. The molecule has 21 heavy (non-hydrogen) atoms. The molecule has 0 aromatic carbocycles. The molecule has 0 heterocycles. The maximum Gasteiger partial charge on any atom is 0.331 e. The van der Waals surface area contributed by atoms with Gasteiger partial charge in [0.1, 0.15) is 6.04 Å². The molecule has 3 heteroatoms. The summed E-state index contributed by atoms with van der Waals surface area (Å²) in [6.07, 6.45) is 13.5. The molecule has 0 amide bonds. The summed E-state index contributed by atoms with van der Waals surface area (Å²) in [5.41, 5.74) is 0.465. The Kier molecular flexibility index (Phi) is 10.4. The normalized spacial score (nSPS) is 14.2. The molecule has 0 aromatic heterocycles. The first-order chi connectivity index (χ1) is 9.79. The molecule has 0 bridgehead atoms. The summed E-state index contributed by atoms with van der Waals surface area (Å²) < 4.78 is 0.793. The van der Waals surface area contributed by atoms with Gasteiger partial charge in [-0.2, -0.15) is 0 Å². The fourth-order valence-electron chi connectivity index (χ4n) is 2.54. The van der Waals surface area contributed by atoms with Crippen LogP contribution >= 0.6 is 0 Å².